The highest BCUT2D eigenvalue weighted by molar-refractivity contribution is 6.00. The van der Waals surface area contributed by atoms with E-state index in [-0.39, 0.29) is 5.91 Å². The lowest BCUT2D eigenvalue weighted by atomic mass is 10.2. The molecule has 3 rings (SSSR count). The van der Waals surface area contributed by atoms with Crippen LogP contribution in [0.3, 0.4) is 0 Å². The molecule has 0 radical (unpaired) electrons. The zero-order valence-corrected chi connectivity index (χ0v) is 14.3. The number of rotatable bonds is 6. The van der Waals surface area contributed by atoms with Crippen molar-refractivity contribution in [2.75, 3.05) is 23.3 Å². The molecule has 0 aliphatic rings. The maximum atomic E-state index is 11.5. The summed E-state index contributed by atoms with van der Waals surface area (Å²) in [5.41, 5.74) is 2.33. The number of aromatic nitrogens is 4. The van der Waals surface area contributed by atoms with Crippen LogP contribution in [0.5, 0.6) is 0 Å². The predicted octanol–water partition coefficient (Wildman–Crippen LogP) is 2.79. The largest absolute Gasteiger partial charge is 0.356 e. The first kappa shape index (κ1) is 16.6. The molecule has 0 aliphatic carbocycles. The smallest absolute Gasteiger partial charge is 0.247 e. The van der Waals surface area contributed by atoms with Crippen molar-refractivity contribution in [3.8, 4) is 5.82 Å². The van der Waals surface area contributed by atoms with Crippen LogP contribution in [0.1, 0.15) is 13.8 Å². The van der Waals surface area contributed by atoms with Gasteiger partial charge in [-0.3, -0.25) is 14.3 Å². The van der Waals surface area contributed by atoms with Gasteiger partial charge in [0.1, 0.15) is 12.1 Å². The maximum Gasteiger partial charge on any atom is 0.247 e. The topological polar surface area (TPSA) is 75.9 Å². The Morgan fingerprint density at radius 1 is 1.32 bits per heavy atom. The Morgan fingerprint density at radius 3 is 2.84 bits per heavy atom. The summed E-state index contributed by atoms with van der Waals surface area (Å²) in [7, 11) is 0. The molecule has 0 unspecified atom stereocenters. The first-order valence-corrected chi connectivity index (χ1v) is 8.14. The second-order valence-corrected chi connectivity index (χ2v) is 5.42. The van der Waals surface area contributed by atoms with Crippen molar-refractivity contribution in [2.24, 2.45) is 0 Å². The minimum atomic E-state index is -0.256. The number of benzene rings is 1. The minimum absolute atomic E-state index is 0.256. The van der Waals surface area contributed by atoms with Gasteiger partial charge in [0.2, 0.25) is 5.91 Å². The standard InChI is InChI=1S/C18H20N6O/c1-4-18(25)21-13-7-8-14-15(9-13)24(12-20-14)17-11-19-10-16(22-17)23(5-2)6-3/h4,7-12H,1,5-6H2,2-3H3,(H,21,25). The number of nitrogens with one attached hydrogen (secondary N) is 1. The zero-order valence-electron chi connectivity index (χ0n) is 14.3. The monoisotopic (exact) mass is 336 g/mol. The molecular formula is C18H20N6O. The van der Waals surface area contributed by atoms with E-state index < -0.39 is 0 Å². The number of amides is 1. The normalized spacial score (nSPS) is 10.6. The first-order valence-electron chi connectivity index (χ1n) is 8.14. The van der Waals surface area contributed by atoms with E-state index in [9.17, 15) is 4.79 Å². The molecule has 0 spiro atoms. The minimum Gasteiger partial charge on any atom is -0.356 e. The third-order valence-corrected chi connectivity index (χ3v) is 3.94. The third kappa shape index (κ3) is 3.35. The quantitative estimate of drug-likeness (QED) is 0.701. The van der Waals surface area contributed by atoms with Crippen LogP contribution in [0.4, 0.5) is 11.5 Å². The summed E-state index contributed by atoms with van der Waals surface area (Å²) in [4.78, 5) is 27.1. The molecule has 1 N–H and O–H groups in total. The Morgan fingerprint density at radius 2 is 2.12 bits per heavy atom. The summed E-state index contributed by atoms with van der Waals surface area (Å²) in [6.07, 6.45) is 6.40. The van der Waals surface area contributed by atoms with Crippen LogP contribution >= 0.6 is 0 Å². The highest BCUT2D eigenvalue weighted by Gasteiger charge is 2.10. The zero-order chi connectivity index (χ0) is 17.8. The lowest BCUT2D eigenvalue weighted by Gasteiger charge is -2.19. The molecule has 1 amide bonds. The first-order chi connectivity index (χ1) is 12.2. The van der Waals surface area contributed by atoms with Crippen LogP contribution in [0.15, 0.2) is 49.6 Å². The van der Waals surface area contributed by atoms with Crippen molar-refractivity contribution in [3.63, 3.8) is 0 Å². The third-order valence-electron chi connectivity index (χ3n) is 3.94. The summed E-state index contributed by atoms with van der Waals surface area (Å²) in [6, 6.07) is 5.51. The average Bonchev–Trinajstić information content (AvgIpc) is 3.06. The number of carbonyl (C=O) groups is 1. The predicted molar refractivity (Wildman–Crippen MR) is 99.0 cm³/mol. The van der Waals surface area contributed by atoms with Gasteiger partial charge in [0.15, 0.2) is 5.82 Å². The number of nitrogens with zero attached hydrogens (tertiary/aromatic N) is 5. The van der Waals surface area contributed by atoms with Crippen LogP contribution in [0, 0.1) is 0 Å². The maximum absolute atomic E-state index is 11.5. The van der Waals surface area contributed by atoms with Gasteiger partial charge >= 0.3 is 0 Å². The van der Waals surface area contributed by atoms with E-state index >= 15 is 0 Å². The summed E-state index contributed by atoms with van der Waals surface area (Å²) < 4.78 is 1.86. The van der Waals surface area contributed by atoms with Crippen molar-refractivity contribution in [2.45, 2.75) is 13.8 Å². The van der Waals surface area contributed by atoms with E-state index in [4.69, 9.17) is 4.98 Å². The fourth-order valence-corrected chi connectivity index (χ4v) is 2.62. The number of imidazole rings is 1. The van der Waals surface area contributed by atoms with Gasteiger partial charge in [0, 0.05) is 18.8 Å². The van der Waals surface area contributed by atoms with E-state index in [2.05, 4.69) is 40.6 Å². The molecule has 0 bridgehead atoms. The molecule has 1 aromatic carbocycles. The average molecular weight is 336 g/mol. The highest BCUT2D eigenvalue weighted by atomic mass is 16.1. The van der Waals surface area contributed by atoms with Gasteiger partial charge in [-0.05, 0) is 38.1 Å². The molecule has 2 aromatic heterocycles. The molecule has 7 heteroatoms. The van der Waals surface area contributed by atoms with Crippen LogP contribution < -0.4 is 10.2 Å². The number of hydrogen-bond acceptors (Lipinski definition) is 5. The molecule has 25 heavy (non-hydrogen) atoms. The Hall–Kier alpha value is -3.22. The summed E-state index contributed by atoms with van der Waals surface area (Å²) in [6.45, 7) is 9.35. The van der Waals surface area contributed by atoms with Gasteiger partial charge in [0.25, 0.3) is 0 Å². The van der Waals surface area contributed by atoms with Gasteiger partial charge in [-0.1, -0.05) is 6.58 Å². The van der Waals surface area contributed by atoms with Crippen molar-refractivity contribution in [1.82, 2.24) is 19.5 Å². The molecular weight excluding hydrogens is 316 g/mol. The molecule has 0 fully saturated rings. The highest BCUT2D eigenvalue weighted by Crippen LogP contribution is 2.22. The van der Waals surface area contributed by atoms with E-state index in [1.165, 1.54) is 6.08 Å². The number of anilines is 2. The van der Waals surface area contributed by atoms with Crippen LogP contribution in [-0.4, -0.2) is 38.5 Å². The second kappa shape index (κ2) is 7.12. The summed E-state index contributed by atoms with van der Waals surface area (Å²) >= 11 is 0. The van der Waals surface area contributed by atoms with Crippen molar-refractivity contribution < 1.29 is 4.79 Å². The summed E-state index contributed by atoms with van der Waals surface area (Å²) in [5, 5.41) is 2.76. The van der Waals surface area contributed by atoms with E-state index in [1.54, 1.807) is 24.8 Å². The number of fused-ring (bicyclic) bond motifs is 1. The Bertz CT molecular complexity index is 913. The molecule has 128 valence electrons. The summed E-state index contributed by atoms with van der Waals surface area (Å²) in [5.74, 6) is 1.24. The molecule has 0 atom stereocenters. The fraction of sp³-hybridized carbons (Fsp3) is 0.222. The SMILES string of the molecule is C=CC(=O)Nc1ccc2ncn(-c3cncc(N(CC)CC)n3)c2c1. The number of hydrogen-bond donors (Lipinski definition) is 1. The Labute approximate surface area is 146 Å². The van der Waals surface area contributed by atoms with Crippen molar-refractivity contribution in [1.29, 1.82) is 0 Å². The van der Waals surface area contributed by atoms with Gasteiger partial charge < -0.3 is 10.2 Å². The fourth-order valence-electron chi connectivity index (χ4n) is 2.62. The molecule has 0 saturated carbocycles. The lowest BCUT2D eigenvalue weighted by molar-refractivity contribution is -0.111. The van der Waals surface area contributed by atoms with Gasteiger partial charge in [0.05, 0.1) is 23.4 Å². The van der Waals surface area contributed by atoms with E-state index in [0.717, 1.165) is 29.9 Å². The second-order valence-electron chi connectivity index (χ2n) is 5.42. The molecule has 3 aromatic rings. The van der Waals surface area contributed by atoms with E-state index in [0.29, 0.717) is 11.5 Å². The van der Waals surface area contributed by atoms with E-state index in [1.807, 2.05) is 16.7 Å². The van der Waals surface area contributed by atoms with Crippen LogP contribution in [0.25, 0.3) is 16.9 Å². The van der Waals surface area contributed by atoms with Crippen LogP contribution in [-0.2, 0) is 4.79 Å². The molecule has 2 heterocycles. The number of carbonyl (C=O) groups excluding carboxylic acids is 1. The lowest BCUT2D eigenvalue weighted by Crippen LogP contribution is -2.23. The van der Waals surface area contributed by atoms with Gasteiger partial charge in [-0.15, -0.1) is 0 Å². The Balaban J connectivity index is 2.03. The molecule has 7 nitrogen and oxygen atoms in total. The van der Waals surface area contributed by atoms with Crippen molar-refractivity contribution in [3.05, 3.63) is 49.6 Å². The van der Waals surface area contributed by atoms with Gasteiger partial charge in [-0.25, -0.2) is 9.97 Å². The molecule has 0 aliphatic heterocycles. The van der Waals surface area contributed by atoms with Gasteiger partial charge in [-0.2, -0.15) is 0 Å². The van der Waals surface area contributed by atoms with Crippen molar-refractivity contribution >= 4 is 28.4 Å². The Kier molecular flexibility index (Phi) is 4.74. The molecule has 0 saturated heterocycles. The van der Waals surface area contributed by atoms with Crippen LogP contribution in [0.2, 0.25) is 0 Å².